The van der Waals surface area contributed by atoms with Crippen LogP contribution in [0, 0.1) is 10.1 Å². The molecule has 2 aromatic rings. The number of hydrogen-bond acceptors (Lipinski definition) is 7. The van der Waals surface area contributed by atoms with Gasteiger partial charge in [-0.1, -0.05) is 30.7 Å². The molecule has 25 heavy (non-hydrogen) atoms. The van der Waals surface area contributed by atoms with E-state index < -0.39 is 16.7 Å². The zero-order valence-corrected chi connectivity index (χ0v) is 14.3. The smallest absolute Gasteiger partial charge is 0.270 e. The van der Waals surface area contributed by atoms with Crippen molar-refractivity contribution in [1.82, 2.24) is 15.5 Å². The van der Waals surface area contributed by atoms with Crippen LogP contribution in [0.2, 0.25) is 0 Å². The maximum atomic E-state index is 12.0. The van der Waals surface area contributed by atoms with Crippen LogP contribution >= 0.6 is 11.3 Å². The Balaban J connectivity index is 1.85. The SMILES string of the molecule is CCCCc1nnc(NC(=O)CNC(=O)c2cccc([N+](=O)[O-])c2)s1. The summed E-state index contributed by atoms with van der Waals surface area (Å²) in [6.45, 7) is 1.80. The number of non-ortho nitro benzene ring substituents is 1. The van der Waals surface area contributed by atoms with Gasteiger partial charge in [0.15, 0.2) is 0 Å². The Morgan fingerprint density at radius 3 is 2.84 bits per heavy atom. The molecule has 0 unspecified atom stereocenters. The molecule has 0 fully saturated rings. The van der Waals surface area contributed by atoms with Crippen LogP contribution in [0.15, 0.2) is 24.3 Å². The molecule has 10 heteroatoms. The van der Waals surface area contributed by atoms with Gasteiger partial charge in [-0.25, -0.2) is 0 Å². The molecule has 0 radical (unpaired) electrons. The molecular weight excluding hydrogens is 346 g/mol. The van der Waals surface area contributed by atoms with E-state index in [0.717, 1.165) is 30.3 Å². The summed E-state index contributed by atoms with van der Waals surface area (Å²) >= 11 is 1.30. The molecule has 132 valence electrons. The minimum absolute atomic E-state index is 0.111. The first-order valence-corrected chi connectivity index (χ1v) is 8.46. The molecule has 0 atom stereocenters. The molecule has 0 aliphatic carbocycles. The number of anilines is 1. The summed E-state index contributed by atoms with van der Waals surface area (Å²) in [4.78, 5) is 33.9. The van der Waals surface area contributed by atoms with Crippen LogP contribution in [0.3, 0.4) is 0 Å². The number of rotatable bonds is 8. The lowest BCUT2D eigenvalue weighted by atomic mass is 10.2. The van der Waals surface area contributed by atoms with Crippen molar-refractivity contribution in [1.29, 1.82) is 0 Å². The predicted octanol–water partition coefficient (Wildman–Crippen LogP) is 2.16. The molecule has 0 saturated carbocycles. The van der Waals surface area contributed by atoms with E-state index in [1.54, 1.807) is 0 Å². The number of nitro benzene ring substituents is 1. The molecule has 9 nitrogen and oxygen atoms in total. The van der Waals surface area contributed by atoms with Crippen molar-refractivity contribution in [2.75, 3.05) is 11.9 Å². The number of aryl methyl sites for hydroxylation is 1. The number of hydrogen-bond donors (Lipinski definition) is 2. The minimum atomic E-state index is -0.588. The van der Waals surface area contributed by atoms with E-state index in [1.165, 1.54) is 29.5 Å². The number of benzene rings is 1. The van der Waals surface area contributed by atoms with Crippen LogP contribution in [0.1, 0.15) is 35.1 Å². The summed E-state index contributed by atoms with van der Waals surface area (Å²) in [5, 5.41) is 24.8. The summed E-state index contributed by atoms with van der Waals surface area (Å²) in [5.41, 5.74) is -0.0784. The lowest BCUT2D eigenvalue weighted by molar-refractivity contribution is -0.384. The highest BCUT2D eigenvalue weighted by atomic mass is 32.1. The Morgan fingerprint density at radius 2 is 2.12 bits per heavy atom. The fraction of sp³-hybridized carbons (Fsp3) is 0.333. The lowest BCUT2D eigenvalue weighted by Crippen LogP contribution is -2.32. The average molecular weight is 363 g/mol. The number of aromatic nitrogens is 2. The van der Waals surface area contributed by atoms with Crippen molar-refractivity contribution in [3.63, 3.8) is 0 Å². The van der Waals surface area contributed by atoms with Gasteiger partial charge in [-0.2, -0.15) is 0 Å². The molecule has 0 bridgehead atoms. The molecule has 0 aliphatic rings. The quantitative estimate of drug-likeness (QED) is 0.546. The summed E-state index contributed by atoms with van der Waals surface area (Å²) in [6, 6.07) is 5.28. The zero-order valence-electron chi connectivity index (χ0n) is 13.5. The Hall–Kier alpha value is -2.88. The van der Waals surface area contributed by atoms with Crippen molar-refractivity contribution in [3.8, 4) is 0 Å². The monoisotopic (exact) mass is 363 g/mol. The van der Waals surface area contributed by atoms with Gasteiger partial charge in [0, 0.05) is 24.1 Å². The highest BCUT2D eigenvalue weighted by molar-refractivity contribution is 7.15. The second kappa shape index (κ2) is 8.83. The van der Waals surface area contributed by atoms with E-state index in [1.807, 2.05) is 0 Å². The molecule has 0 saturated heterocycles. The van der Waals surface area contributed by atoms with Crippen LogP contribution in [0.4, 0.5) is 10.8 Å². The van der Waals surface area contributed by atoms with Crippen molar-refractivity contribution < 1.29 is 14.5 Å². The first-order chi connectivity index (χ1) is 12.0. The van der Waals surface area contributed by atoms with E-state index in [9.17, 15) is 19.7 Å². The fourth-order valence-electron chi connectivity index (χ4n) is 1.92. The van der Waals surface area contributed by atoms with Crippen molar-refractivity contribution in [2.45, 2.75) is 26.2 Å². The summed E-state index contributed by atoms with van der Waals surface area (Å²) in [6.07, 6.45) is 2.86. The Morgan fingerprint density at radius 1 is 1.32 bits per heavy atom. The summed E-state index contributed by atoms with van der Waals surface area (Å²) in [7, 11) is 0. The molecule has 1 aromatic carbocycles. The third-order valence-electron chi connectivity index (χ3n) is 3.19. The molecule has 1 heterocycles. The van der Waals surface area contributed by atoms with E-state index in [-0.39, 0.29) is 17.8 Å². The van der Waals surface area contributed by atoms with Gasteiger partial charge in [0.25, 0.3) is 11.6 Å². The standard InChI is InChI=1S/C15H17N5O4S/c1-2-3-7-13-18-19-15(25-13)17-12(21)9-16-14(22)10-5-4-6-11(8-10)20(23)24/h4-6,8H,2-3,7,9H2,1H3,(H,16,22)(H,17,19,21). The van der Waals surface area contributed by atoms with E-state index in [2.05, 4.69) is 27.8 Å². The van der Waals surface area contributed by atoms with E-state index in [0.29, 0.717) is 5.13 Å². The second-order valence-electron chi connectivity index (χ2n) is 5.14. The first-order valence-electron chi connectivity index (χ1n) is 7.64. The van der Waals surface area contributed by atoms with Crippen LogP contribution < -0.4 is 10.6 Å². The molecule has 1 aromatic heterocycles. The zero-order chi connectivity index (χ0) is 18.2. The van der Waals surface area contributed by atoms with Crippen molar-refractivity contribution in [2.24, 2.45) is 0 Å². The number of carbonyl (C=O) groups is 2. The maximum Gasteiger partial charge on any atom is 0.270 e. The molecular formula is C15H17N5O4S. The number of unbranched alkanes of at least 4 members (excludes halogenated alkanes) is 1. The second-order valence-corrected chi connectivity index (χ2v) is 6.20. The van der Waals surface area contributed by atoms with Crippen LogP contribution in [-0.2, 0) is 11.2 Å². The van der Waals surface area contributed by atoms with E-state index in [4.69, 9.17) is 0 Å². The van der Waals surface area contributed by atoms with Gasteiger partial charge in [0.1, 0.15) is 5.01 Å². The fourth-order valence-corrected chi connectivity index (χ4v) is 2.72. The van der Waals surface area contributed by atoms with Gasteiger partial charge in [-0.05, 0) is 12.5 Å². The van der Waals surface area contributed by atoms with E-state index >= 15 is 0 Å². The average Bonchev–Trinajstić information content (AvgIpc) is 3.05. The third kappa shape index (κ3) is 5.60. The number of nitrogens with one attached hydrogen (secondary N) is 2. The molecule has 2 N–H and O–H groups in total. The number of amides is 2. The normalized spacial score (nSPS) is 10.3. The Kier molecular flexibility index (Phi) is 6.52. The number of nitro groups is 1. The molecule has 2 amide bonds. The van der Waals surface area contributed by atoms with Gasteiger partial charge < -0.3 is 5.32 Å². The first kappa shape index (κ1) is 18.5. The molecule has 2 rings (SSSR count). The maximum absolute atomic E-state index is 12.0. The van der Waals surface area contributed by atoms with Gasteiger partial charge in [0.05, 0.1) is 11.5 Å². The Labute approximate surface area is 147 Å². The van der Waals surface area contributed by atoms with Crippen LogP contribution in [-0.4, -0.2) is 33.5 Å². The van der Waals surface area contributed by atoms with Crippen LogP contribution in [0.25, 0.3) is 0 Å². The predicted molar refractivity (Wildman–Crippen MR) is 92.6 cm³/mol. The highest BCUT2D eigenvalue weighted by Crippen LogP contribution is 2.17. The summed E-state index contributed by atoms with van der Waals surface area (Å²) in [5.74, 6) is -1.02. The Bertz CT molecular complexity index is 777. The van der Waals surface area contributed by atoms with Gasteiger partial charge in [-0.3, -0.25) is 25.0 Å². The third-order valence-corrected chi connectivity index (χ3v) is 4.08. The number of nitrogens with zero attached hydrogens (tertiary/aromatic N) is 3. The van der Waals surface area contributed by atoms with Crippen LogP contribution in [0.5, 0.6) is 0 Å². The van der Waals surface area contributed by atoms with Crippen molar-refractivity contribution >= 4 is 34.0 Å². The van der Waals surface area contributed by atoms with Gasteiger partial charge in [0.2, 0.25) is 11.0 Å². The topological polar surface area (TPSA) is 127 Å². The lowest BCUT2D eigenvalue weighted by Gasteiger charge is -2.04. The number of carbonyl (C=O) groups excluding carboxylic acids is 2. The van der Waals surface area contributed by atoms with Gasteiger partial charge >= 0.3 is 0 Å². The molecule has 0 aliphatic heterocycles. The minimum Gasteiger partial charge on any atom is -0.343 e. The largest absolute Gasteiger partial charge is 0.343 e. The molecule has 0 spiro atoms. The highest BCUT2D eigenvalue weighted by Gasteiger charge is 2.13. The summed E-state index contributed by atoms with van der Waals surface area (Å²) < 4.78 is 0. The van der Waals surface area contributed by atoms with Crippen molar-refractivity contribution in [3.05, 3.63) is 45.0 Å². The van der Waals surface area contributed by atoms with Gasteiger partial charge in [-0.15, -0.1) is 10.2 Å².